The number of allylic oxidation sites excluding steroid dienone is 1. The van der Waals surface area contributed by atoms with E-state index in [-0.39, 0.29) is 23.4 Å². The van der Waals surface area contributed by atoms with E-state index < -0.39 is 5.82 Å². The van der Waals surface area contributed by atoms with Crippen LogP contribution in [0.4, 0.5) is 14.5 Å². The summed E-state index contributed by atoms with van der Waals surface area (Å²) in [5, 5.41) is 8.48. The Kier molecular flexibility index (Phi) is 12.2. The summed E-state index contributed by atoms with van der Waals surface area (Å²) in [7, 11) is 0. The third kappa shape index (κ3) is 9.22. The van der Waals surface area contributed by atoms with Gasteiger partial charge in [-0.15, -0.1) is 0 Å². The minimum atomic E-state index is -0.413. The summed E-state index contributed by atoms with van der Waals surface area (Å²) in [5.41, 5.74) is 6.09. The molecule has 1 saturated heterocycles. The lowest BCUT2D eigenvalue weighted by atomic mass is 9.92. The number of nitrogens with zero attached hydrogens (tertiary/aromatic N) is 3. The molecule has 1 aromatic heterocycles. The van der Waals surface area contributed by atoms with E-state index in [4.69, 9.17) is 5.41 Å². The maximum atomic E-state index is 14.0. The Morgan fingerprint density at radius 1 is 0.936 bits per heavy atom. The minimum absolute atomic E-state index is 0.103. The highest BCUT2D eigenvalue weighted by Crippen LogP contribution is 2.33. The van der Waals surface area contributed by atoms with Crippen LogP contribution in [-0.4, -0.2) is 34.6 Å². The topological polar surface area (TPSA) is 60.3 Å². The molecule has 0 bridgehead atoms. The maximum Gasteiger partial charge on any atom is 0.255 e. The summed E-state index contributed by atoms with van der Waals surface area (Å²) >= 11 is 0. The van der Waals surface area contributed by atoms with Crippen molar-refractivity contribution in [1.29, 1.82) is 5.41 Å². The minimum Gasteiger partial charge on any atom is -0.341 e. The van der Waals surface area contributed by atoms with Gasteiger partial charge in [-0.05, 0) is 85.7 Å². The molecule has 1 aliphatic heterocycles. The average molecular weight is 637 g/mol. The highest BCUT2D eigenvalue weighted by Gasteiger charge is 2.29. The van der Waals surface area contributed by atoms with Crippen LogP contribution in [0.15, 0.2) is 97.3 Å². The second-order valence-corrected chi connectivity index (χ2v) is 12.6. The molecule has 1 amide bonds. The van der Waals surface area contributed by atoms with Crippen LogP contribution in [0.3, 0.4) is 0 Å². The fourth-order valence-electron chi connectivity index (χ4n) is 5.58. The van der Waals surface area contributed by atoms with Crippen LogP contribution in [0.2, 0.25) is 0 Å². The Morgan fingerprint density at radius 2 is 1.57 bits per heavy atom. The van der Waals surface area contributed by atoms with Gasteiger partial charge in [0.05, 0.1) is 17.0 Å². The molecule has 0 spiro atoms. The van der Waals surface area contributed by atoms with Gasteiger partial charge in [0, 0.05) is 48.7 Å². The van der Waals surface area contributed by atoms with Crippen LogP contribution in [-0.2, 0) is 6.54 Å². The predicted molar refractivity (Wildman–Crippen MR) is 188 cm³/mol. The first kappa shape index (κ1) is 35.2. The second kappa shape index (κ2) is 16.3. The molecule has 47 heavy (non-hydrogen) atoms. The number of carbonyl (C=O) groups excluding carboxylic acids is 1. The monoisotopic (exact) mass is 636 g/mol. The molecule has 0 radical (unpaired) electrons. The zero-order valence-electron chi connectivity index (χ0n) is 28.2. The lowest BCUT2D eigenvalue weighted by Crippen LogP contribution is -2.40. The van der Waals surface area contributed by atoms with Crippen molar-refractivity contribution < 1.29 is 13.6 Å². The van der Waals surface area contributed by atoms with Gasteiger partial charge in [-0.3, -0.25) is 15.2 Å². The summed E-state index contributed by atoms with van der Waals surface area (Å²) < 4.78 is 27.7. The van der Waals surface area contributed by atoms with E-state index in [0.717, 1.165) is 41.3 Å². The Morgan fingerprint density at radius 3 is 2.17 bits per heavy atom. The van der Waals surface area contributed by atoms with Crippen molar-refractivity contribution in [3.05, 3.63) is 142 Å². The van der Waals surface area contributed by atoms with E-state index in [0.29, 0.717) is 42.0 Å². The van der Waals surface area contributed by atoms with E-state index in [9.17, 15) is 13.6 Å². The molecule has 4 aromatic rings. The summed E-state index contributed by atoms with van der Waals surface area (Å²) in [6.45, 7) is 16.6. The number of amides is 1. The molecule has 246 valence electrons. The highest BCUT2D eigenvalue weighted by molar-refractivity contribution is 6.10. The standard InChI is InChI=1S/C35H34F2N4O.C5H12/c1-23-8-4-5-13-32(23)41(22-26-9-6-11-30(36)19-26)25(3)27-14-16-40(17-15-27)35(42)29-18-24(2)34(39-21-29)33(38)28-10-7-12-31(37)20-28;1-4-5(2)3/h4-13,18-21,27,38H,3,14-17,22H2,1-2H3;5H,4H2,1-3H3. The molecule has 2 heterocycles. The number of benzene rings is 3. The van der Waals surface area contributed by atoms with Gasteiger partial charge in [-0.25, -0.2) is 8.78 Å². The number of pyridine rings is 1. The number of hydrogen-bond donors (Lipinski definition) is 1. The van der Waals surface area contributed by atoms with Gasteiger partial charge in [0.1, 0.15) is 11.6 Å². The number of aryl methyl sites for hydroxylation is 2. The average Bonchev–Trinajstić information content (AvgIpc) is 3.07. The van der Waals surface area contributed by atoms with Crippen molar-refractivity contribution in [3.63, 3.8) is 0 Å². The summed E-state index contributed by atoms with van der Waals surface area (Å²) in [6.07, 6.45) is 4.32. The molecule has 0 aliphatic carbocycles. The van der Waals surface area contributed by atoms with Crippen molar-refractivity contribution in [1.82, 2.24) is 9.88 Å². The van der Waals surface area contributed by atoms with Crippen LogP contribution in [0, 0.1) is 42.7 Å². The number of piperidine rings is 1. The van der Waals surface area contributed by atoms with Crippen LogP contribution in [0.5, 0.6) is 0 Å². The van der Waals surface area contributed by atoms with Crippen molar-refractivity contribution in [2.24, 2.45) is 11.8 Å². The molecule has 5 rings (SSSR count). The third-order valence-electron chi connectivity index (χ3n) is 8.73. The molecule has 7 heteroatoms. The van der Waals surface area contributed by atoms with Gasteiger partial charge >= 0.3 is 0 Å². The van der Waals surface area contributed by atoms with Gasteiger partial charge < -0.3 is 9.80 Å². The van der Waals surface area contributed by atoms with Gasteiger partial charge in [-0.1, -0.05) is 76.2 Å². The van der Waals surface area contributed by atoms with E-state index in [1.54, 1.807) is 30.3 Å². The van der Waals surface area contributed by atoms with E-state index in [2.05, 4.69) is 56.3 Å². The number of aromatic nitrogens is 1. The first-order valence-corrected chi connectivity index (χ1v) is 16.4. The molecule has 1 aliphatic rings. The number of nitrogens with one attached hydrogen (secondary N) is 1. The van der Waals surface area contributed by atoms with Crippen LogP contribution >= 0.6 is 0 Å². The molecule has 1 fully saturated rings. The van der Waals surface area contributed by atoms with E-state index in [1.165, 1.54) is 30.8 Å². The first-order valence-electron chi connectivity index (χ1n) is 16.4. The number of likely N-dealkylation sites (tertiary alicyclic amines) is 1. The molecule has 0 atom stereocenters. The predicted octanol–water partition coefficient (Wildman–Crippen LogP) is 9.52. The van der Waals surface area contributed by atoms with Crippen molar-refractivity contribution in [3.8, 4) is 0 Å². The zero-order valence-corrected chi connectivity index (χ0v) is 28.2. The quantitative estimate of drug-likeness (QED) is 0.186. The molecular formula is C40H46F2N4O. The summed E-state index contributed by atoms with van der Waals surface area (Å²) in [6, 6.07) is 22.4. The smallest absolute Gasteiger partial charge is 0.255 e. The number of rotatable bonds is 9. The second-order valence-electron chi connectivity index (χ2n) is 12.6. The van der Waals surface area contributed by atoms with Gasteiger partial charge in [0.2, 0.25) is 0 Å². The number of hydrogen-bond acceptors (Lipinski definition) is 4. The maximum absolute atomic E-state index is 14.0. The summed E-state index contributed by atoms with van der Waals surface area (Å²) in [5.74, 6) is 0.266. The first-order chi connectivity index (χ1) is 22.5. The molecule has 0 saturated carbocycles. The number of halogens is 2. The molecule has 0 unspecified atom stereocenters. The van der Waals surface area contributed by atoms with E-state index in [1.807, 2.05) is 30.0 Å². The Bertz CT molecular complexity index is 1710. The van der Waals surface area contributed by atoms with Crippen LogP contribution in [0.1, 0.15) is 78.3 Å². The number of carbonyl (C=O) groups is 1. The van der Waals surface area contributed by atoms with Crippen molar-refractivity contribution in [2.45, 2.75) is 60.4 Å². The number of anilines is 1. The Hall–Kier alpha value is -4.65. The highest BCUT2D eigenvalue weighted by atomic mass is 19.1. The molecule has 5 nitrogen and oxygen atoms in total. The van der Waals surface area contributed by atoms with Crippen molar-refractivity contribution >= 4 is 17.3 Å². The largest absolute Gasteiger partial charge is 0.341 e. The lowest BCUT2D eigenvalue weighted by Gasteiger charge is -2.38. The lowest BCUT2D eigenvalue weighted by molar-refractivity contribution is 0.0701. The fourth-order valence-corrected chi connectivity index (χ4v) is 5.58. The molecular weight excluding hydrogens is 590 g/mol. The normalized spacial score (nSPS) is 13.1. The molecule has 3 aromatic carbocycles. The van der Waals surface area contributed by atoms with Gasteiger partial charge in [-0.2, -0.15) is 0 Å². The van der Waals surface area contributed by atoms with Crippen molar-refractivity contribution in [2.75, 3.05) is 18.0 Å². The van der Waals surface area contributed by atoms with Gasteiger partial charge in [0.15, 0.2) is 0 Å². The SMILES string of the molecule is C=C(C1CCN(C(=O)c2cnc(C(=N)c3cccc(F)c3)c(C)c2)CC1)N(Cc1cccc(F)c1)c1ccccc1C.CCC(C)C. The number of para-hydroxylation sites is 1. The summed E-state index contributed by atoms with van der Waals surface area (Å²) in [4.78, 5) is 21.8. The van der Waals surface area contributed by atoms with Crippen LogP contribution in [0.25, 0.3) is 0 Å². The zero-order chi connectivity index (χ0) is 34.1. The Balaban J connectivity index is 0.000000930. The molecule has 1 N–H and O–H groups in total. The van der Waals surface area contributed by atoms with Crippen LogP contribution < -0.4 is 4.90 Å². The van der Waals surface area contributed by atoms with Gasteiger partial charge in [0.25, 0.3) is 5.91 Å². The van der Waals surface area contributed by atoms with E-state index >= 15 is 0 Å². The fraction of sp³-hybridized carbons (Fsp3) is 0.325. The Labute approximate surface area is 278 Å². The third-order valence-corrected chi connectivity index (χ3v) is 8.73.